The maximum Gasteiger partial charge on any atom is 0.323 e. The quantitative estimate of drug-likeness (QED) is 0.826. The van der Waals surface area contributed by atoms with E-state index < -0.39 is 23.5 Å². The Morgan fingerprint density at radius 1 is 0.800 bits per heavy atom. The highest BCUT2D eigenvalue weighted by Crippen LogP contribution is 2.19. The highest BCUT2D eigenvalue weighted by atomic mass is 79.9. The number of nitrogens with one attached hydrogen (secondary N) is 2. The maximum atomic E-state index is 13.1. The lowest BCUT2D eigenvalue weighted by Gasteiger charge is -2.08. The van der Waals surface area contributed by atoms with Gasteiger partial charge in [0, 0.05) is 21.9 Å². The predicted octanol–water partition coefficient (Wildman–Crippen LogP) is 4.51. The van der Waals surface area contributed by atoms with Gasteiger partial charge < -0.3 is 10.6 Å². The molecule has 3 nitrogen and oxygen atoms in total. The molecule has 0 aliphatic carbocycles. The monoisotopic (exact) mass is 344 g/mol. The van der Waals surface area contributed by atoms with E-state index in [4.69, 9.17) is 0 Å². The molecule has 0 aliphatic heterocycles. The number of anilines is 2. The minimum Gasteiger partial charge on any atom is -0.308 e. The Hall–Kier alpha value is -2.02. The van der Waals surface area contributed by atoms with Crippen LogP contribution in [0.3, 0.4) is 0 Å². The van der Waals surface area contributed by atoms with Crippen LogP contribution in [-0.2, 0) is 0 Å². The molecule has 2 aromatic rings. The van der Waals surface area contributed by atoms with Crippen LogP contribution in [-0.4, -0.2) is 6.03 Å². The third-order valence-corrected chi connectivity index (χ3v) is 2.70. The highest BCUT2D eigenvalue weighted by molar-refractivity contribution is 9.10. The molecule has 2 amide bonds. The smallest absolute Gasteiger partial charge is 0.308 e. The van der Waals surface area contributed by atoms with Crippen LogP contribution in [0.25, 0.3) is 0 Å². The van der Waals surface area contributed by atoms with Gasteiger partial charge in [-0.25, -0.2) is 18.0 Å². The van der Waals surface area contributed by atoms with Crippen LogP contribution in [0.4, 0.5) is 29.3 Å². The first kappa shape index (κ1) is 14.4. The zero-order valence-electron chi connectivity index (χ0n) is 9.88. The minimum atomic E-state index is -0.811. The summed E-state index contributed by atoms with van der Waals surface area (Å²) in [5.74, 6) is -2.16. The molecule has 0 aliphatic rings. The zero-order chi connectivity index (χ0) is 14.7. The van der Waals surface area contributed by atoms with E-state index in [1.807, 2.05) is 0 Å². The number of carbonyl (C=O) groups is 1. The molecule has 2 aromatic carbocycles. The molecule has 0 atom stereocenters. The number of carbonyl (C=O) groups excluding carboxylic acids is 1. The molecule has 104 valence electrons. The summed E-state index contributed by atoms with van der Waals surface area (Å²) in [6, 6.07) is 5.68. The first-order chi connectivity index (χ1) is 9.42. The Morgan fingerprint density at radius 2 is 1.25 bits per heavy atom. The van der Waals surface area contributed by atoms with E-state index in [0.717, 1.165) is 18.2 Å². The lowest BCUT2D eigenvalue weighted by Crippen LogP contribution is -2.19. The van der Waals surface area contributed by atoms with Crippen LogP contribution >= 0.6 is 15.9 Å². The number of benzene rings is 2. The molecule has 2 N–H and O–H groups in total. The number of rotatable bonds is 2. The van der Waals surface area contributed by atoms with Crippen LogP contribution in [0.1, 0.15) is 0 Å². The Labute approximate surface area is 120 Å². The second-order valence-electron chi connectivity index (χ2n) is 3.90. The molecule has 7 heteroatoms. The molecule has 0 spiro atoms. The third kappa shape index (κ3) is 3.99. The van der Waals surface area contributed by atoms with Crippen molar-refractivity contribution in [1.29, 1.82) is 0 Å². The first-order valence-electron chi connectivity index (χ1n) is 5.42. The predicted molar refractivity (Wildman–Crippen MR) is 73.1 cm³/mol. The second-order valence-corrected chi connectivity index (χ2v) is 4.81. The molecule has 0 aromatic heterocycles. The lowest BCUT2D eigenvalue weighted by atomic mass is 10.3. The molecule has 0 radical (unpaired) electrons. The largest absolute Gasteiger partial charge is 0.323 e. The average molecular weight is 345 g/mol. The normalized spacial score (nSPS) is 10.2. The van der Waals surface area contributed by atoms with Gasteiger partial charge in [-0.15, -0.1) is 0 Å². The Balaban J connectivity index is 2.08. The Bertz CT molecular complexity index is 568. The van der Waals surface area contributed by atoms with Crippen molar-refractivity contribution < 1.29 is 18.0 Å². The van der Waals surface area contributed by atoms with Gasteiger partial charge in [-0.1, -0.05) is 15.9 Å². The van der Waals surface area contributed by atoms with E-state index >= 15 is 0 Å². The van der Waals surface area contributed by atoms with Gasteiger partial charge in [-0.3, -0.25) is 0 Å². The second kappa shape index (κ2) is 5.96. The zero-order valence-corrected chi connectivity index (χ0v) is 11.5. The van der Waals surface area contributed by atoms with Crippen LogP contribution in [0, 0.1) is 17.5 Å². The summed E-state index contributed by atoms with van der Waals surface area (Å²) >= 11 is 3.08. The number of halogens is 4. The summed E-state index contributed by atoms with van der Waals surface area (Å²) in [6.45, 7) is 0. The van der Waals surface area contributed by atoms with E-state index in [1.165, 1.54) is 12.1 Å². The van der Waals surface area contributed by atoms with Gasteiger partial charge in [0.25, 0.3) is 0 Å². The van der Waals surface area contributed by atoms with Gasteiger partial charge in [0.2, 0.25) is 0 Å². The number of hydrogen-bond acceptors (Lipinski definition) is 1. The van der Waals surface area contributed by atoms with Crippen molar-refractivity contribution in [3.05, 3.63) is 58.3 Å². The molecule has 0 bridgehead atoms. The van der Waals surface area contributed by atoms with Gasteiger partial charge in [-0.05, 0) is 30.3 Å². The summed E-state index contributed by atoms with van der Waals surface area (Å²) in [4.78, 5) is 11.6. The van der Waals surface area contributed by atoms with E-state index in [-0.39, 0.29) is 11.4 Å². The summed E-state index contributed by atoms with van der Waals surface area (Å²) in [5, 5.41) is 4.59. The summed E-state index contributed by atoms with van der Waals surface area (Å²) in [7, 11) is 0. The van der Waals surface area contributed by atoms with E-state index in [9.17, 15) is 18.0 Å². The van der Waals surface area contributed by atoms with Crippen LogP contribution < -0.4 is 10.6 Å². The number of amides is 2. The molecule has 20 heavy (non-hydrogen) atoms. The van der Waals surface area contributed by atoms with Crippen LogP contribution in [0.15, 0.2) is 40.9 Å². The molecule has 0 heterocycles. The fourth-order valence-corrected chi connectivity index (χ4v) is 2.01. The third-order valence-electron chi connectivity index (χ3n) is 2.24. The van der Waals surface area contributed by atoms with Crippen molar-refractivity contribution >= 4 is 33.3 Å². The summed E-state index contributed by atoms with van der Waals surface area (Å²) in [6.07, 6.45) is 0. The molecule has 0 saturated heterocycles. The van der Waals surface area contributed by atoms with Crippen molar-refractivity contribution in [2.24, 2.45) is 0 Å². The van der Waals surface area contributed by atoms with Crippen LogP contribution in [0.5, 0.6) is 0 Å². The van der Waals surface area contributed by atoms with Gasteiger partial charge in [-0.2, -0.15) is 0 Å². The van der Waals surface area contributed by atoms with Gasteiger partial charge in [0.15, 0.2) is 0 Å². The van der Waals surface area contributed by atoms with E-state index in [0.29, 0.717) is 10.5 Å². The maximum absolute atomic E-state index is 13.1. The Kier molecular flexibility index (Phi) is 4.29. The standard InChI is InChI=1S/C13H8BrF3N2O/c14-7-1-8(15)4-11(2-7)18-13(20)19-12-5-9(16)3-10(17)6-12/h1-6H,(H2,18,19,20). The van der Waals surface area contributed by atoms with Crippen molar-refractivity contribution in [1.82, 2.24) is 0 Å². The van der Waals surface area contributed by atoms with E-state index in [1.54, 1.807) is 0 Å². The average Bonchev–Trinajstić information content (AvgIpc) is 2.24. The summed E-state index contributed by atoms with van der Waals surface area (Å²) in [5.41, 5.74) is 0.154. The molecule has 0 saturated carbocycles. The van der Waals surface area contributed by atoms with Crippen molar-refractivity contribution in [3.63, 3.8) is 0 Å². The lowest BCUT2D eigenvalue weighted by molar-refractivity contribution is 0.262. The number of hydrogen-bond donors (Lipinski definition) is 2. The minimum absolute atomic E-state index is 0.0459. The highest BCUT2D eigenvalue weighted by Gasteiger charge is 2.07. The van der Waals surface area contributed by atoms with Crippen molar-refractivity contribution in [2.75, 3.05) is 10.6 Å². The van der Waals surface area contributed by atoms with Crippen LogP contribution in [0.2, 0.25) is 0 Å². The molecular weight excluding hydrogens is 337 g/mol. The molecule has 0 fully saturated rings. The topological polar surface area (TPSA) is 41.1 Å². The van der Waals surface area contributed by atoms with E-state index in [2.05, 4.69) is 26.6 Å². The Morgan fingerprint density at radius 3 is 1.75 bits per heavy atom. The van der Waals surface area contributed by atoms with Crippen molar-refractivity contribution in [3.8, 4) is 0 Å². The fourth-order valence-electron chi connectivity index (χ4n) is 1.55. The molecule has 2 rings (SSSR count). The molecule has 0 unspecified atom stereocenters. The number of urea groups is 1. The summed E-state index contributed by atoms with van der Waals surface area (Å²) < 4.78 is 39.4. The first-order valence-corrected chi connectivity index (χ1v) is 6.22. The fraction of sp³-hybridized carbons (Fsp3) is 0. The van der Waals surface area contributed by atoms with Crippen molar-refractivity contribution in [2.45, 2.75) is 0 Å². The molecular formula is C13H8BrF3N2O. The van der Waals surface area contributed by atoms with Gasteiger partial charge in [0.1, 0.15) is 17.5 Å². The SMILES string of the molecule is O=C(Nc1cc(F)cc(F)c1)Nc1cc(F)cc(Br)c1. The van der Waals surface area contributed by atoms with Gasteiger partial charge >= 0.3 is 6.03 Å². The van der Waals surface area contributed by atoms with Gasteiger partial charge in [0.05, 0.1) is 0 Å².